The molecule has 1 heterocycles. The fraction of sp³-hybridized carbons (Fsp3) is 0.882. The van der Waals surface area contributed by atoms with Crippen molar-refractivity contribution in [2.45, 2.75) is 59.8 Å². The third-order valence-corrected chi connectivity index (χ3v) is 3.50. The predicted octanol–water partition coefficient (Wildman–Crippen LogP) is 4.90. The monoisotopic (exact) mass is 307 g/mol. The van der Waals surface area contributed by atoms with Crippen molar-refractivity contribution in [3.63, 3.8) is 0 Å². The van der Waals surface area contributed by atoms with E-state index in [1.165, 1.54) is 5.57 Å². The average Bonchev–Trinajstić information content (AvgIpc) is 2.45. The van der Waals surface area contributed by atoms with Crippen LogP contribution in [0, 0.1) is 11.8 Å². The molecule has 1 unspecified atom stereocenters. The fourth-order valence-electron chi connectivity index (χ4n) is 1.69. The summed E-state index contributed by atoms with van der Waals surface area (Å²) in [5.41, 5.74) is 1.33. The smallest absolute Gasteiger partial charge is 0.262 e. The summed E-state index contributed by atoms with van der Waals surface area (Å²) in [4.78, 5) is 0. The normalized spacial score (nSPS) is 20.0. The summed E-state index contributed by atoms with van der Waals surface area (Å²) in [7, 11) is 1.73. The minimum atomic E-state index is -2.47. The van der Waals surface area contributed by atoms with E-state index in [1.54, 1.807) is 14.0 Å². The zero-order valence-corrected chi connectivity index (χ0v) is 14.8. The van der Waals surface area contributed by atoms with Crippen molar-refractivity contribution in [2.75, 3.05) is 26.8 Å². The van der Waals surface area contributed by atoms with Crippen LogP contribution in [0.25, 0.3) is 0 Å². The quantitative estimate of drug-likeness (QED) is 0.576. The second kappa shape index (κ2) is 13.2. The number of hydrogen-bond donors (Lipinski definition) is 1. The minimum Gasteiger partial charge on any atom is -0.385 e. The van der Waals surface area contributed by atoms with Crippen LogP contribution in [0.15, 0.2) is 12.2 Å². The Morgan fingerprint density at radius 1 is 1.38 bits per heavy atom. The van der Waals surface area contributed by atoms with E-state index in [2.05, 4.69) is 25.7 Å². The highest BCUT2D eigenvalue weighted by Gasteiger charge is 2.37. The van der Waals surface area contributed by atoms with Gasteiger partial charge >= 0.3 is 0 Å². The fourth-order valence-corrected chi connectivity index (χ4v) is 1.69. The van der Waals surface area contributed by atoms with Gasteiger partial charge in [0.2, 0.25) is 0 Å². The van der Waals surface area contributed by atoms with Crippen LogP contribution in [0.5, 0.6) is 0 Å². The third-order valence-electron chi connectivity index (χ3n) is 3.50. The molecule has 1 atom stereocenters. The molecule has 0 aromatic rings. The lowest BCUT2D eigenvalue weighted by atomic mass is 9.97. The lowest BCUT2D eigenvalue weighted by Crippen LogP contribution is -2.44. The molecule has 1 aliphatic heterocycles. The van der Waals surface area contributed by atoms with Gasteiger partial charge in [-0.2, -0.15) is 0 Å². The largest absolute Gasteiger partial charge is 0.385 e. The number of nitrogens with one attached hydrogen (secondary N) is 1. The predicted molar refractivity (Wildman–Crippen MR) is 88.0 cm³/mol. The van der Waals surface area contributed by atoms with Gasteiger partial charge in [0, 0.05) is 19.6 Å². The van der Waals surface area contributed by atoms with E-state index in [4.69, 9.17) is 4.74 Å². The highest BCUT2D eigenvalue weighted by molar-refractivity contribution is 4.96. The third kappa shape index (κ3) is 11.8. The van der Waals surface area contributed by atoms with Crippen LogP contribution in [-0.2, 0) is 4.74 Å². The number of allylic oxidation sites excluding steroid dienone is 1. The molecule has 128 valence electrons. The van der Waals surface area contributed by atoms with Gasteiger partial charge in [0.1, 0.15) is 0 Å². The number of methoxy groups -OCH3 is 1. The first kappa shape index (κ1) is 22.8. The van der Waals surface area contributed by atoms with Crippen molar-refractivity contribution in [1.82, 2.24) is 5.32 Å². The molecule has 1 rings (SSSR count). The molecule has 0 aromatic carbocycles. The molecule has 0 bridgehead atoms. The standard InChI is InChI=1S/C9H18O.C6H11F2N.C2H6/c1-8(2)9(3)6-5-7-10-4;1-5-2-3-9-4-6(5,7)8;1-2/h8H,3,5-7H2,1-2,4H3;5,9H,2-4H2,1H3;1-2H3. The van der Waals surface area contributed by atoms with Crippen LogP contribution < -0.4 is 5.32 Å². The van der Waals surface area contributed by atoms with Crippen LogP contribution in [-0.4, -0.2) is 32.7 Å². The Morgan fingerprint density at radius 2 is 1.95 bits per heavy atom. The first-order chi connectivity index (χ1) is 9.81. The zero-order chi connectivity index (χ0) is 16.9. The van der Waals surface area contributed by atoms with Crippen molar-refractivity contribution in [1.29, 1.82) is 0 Å². The molecule has 1 aliphatic rings. The lowest BCUT2D eigenvalue weighted by molar-refractivity contribution is -0.0658. The maximum absolute atomic E-state index is 12.5. The molecule has 1 fully saturated rings. The first-order valence-electron chi connectivity index (χ1n) is 8.06. The molecular weight excluding hydrogens is 272 g/mol. The molecule has 21 heavy (non-hydrogen) atoms. The Labute approximate surface area is 130 Å². The summed E-state index contributed by atoms with van der Waals surface area (Å²) in [6.45, 7) is 15.4. The Bertz CT molecular complexity index is 255. The van der Waals surface area contributed by atoms with E-state index < -0.39 is 11.8 Å². The molecule has 0 radical (unpaired) electrons. The van der Waals surface area contributed by atoms with E-state index >= 15 is 0 Å². The van der Waals surface area contributed by atoms with Gasteiger partial charge in [-0.15, -0.1) is 0 Å². The number of halogens is 2. The number of hydrogen-bond acceptors (Lipinski definition) is 2. The Morgan fingerprint density at radius 3 is 2.29 bits per heavy atom. The van der Waals surface area contributed by atoms with Crippen LogP contribution >= 0.6 is 0 Å². The summed E-state index contributed by atoms with van der Waals surface area (Å²) in [5.74, 6) is -2.30. The van der Waals surface area contributed by atoms with Gasteiger partial charge < -0.3 is 10.1 Å². The van der Waals surface area contributed by atoms with Gasteiger partial charge in [-0.1, -0.05) is 46.8 Å². The van der Waals surface area contributed by atoms with Gasteiger partial charge in [0.15, 0.2) is 0 Å². The second-order valence-electron chi connectivity index (χ2n) is 5.54. The molecule has 1 N–H and O–H groups in total. The molecule has 4 heteroatoms. The molecule has 0 amide bonds. The van der Waals surface area contributed by atoms with E-state index in [9.17, 15) is 8.78 Å². The van der Waals surface area contributed by atoms with E-state index in [0.29, 0.717) is 12.3 Å². The van der Waals surface area contributed by atoms with E-state index in [0.717, 1.165) is 26.0 Å². The first-order valence-corrected chi connectivity index (χ1v) is 8.06. The maximum Gasteiger partial charge on any atom is 0.262 e. The van der Waals surface area contributed by atoms with E-state index in [-0.39, 0.29) is 6.54 Å². The van der Waals surface area contributed by atoms with Crippen molar-refractivity contribution in [3.8, 4) is 0 Å². The molecule has 0 spiro atoms. The summed E-state index contributed by atoms with van der Waals surface area (Å²) in [6, 6.07) is 0. The van der Waals surface area contributed by atoms with Crippen molar-refractivity contribution in [3.05, 3.63) is 12.2 Å². The Hall–Kier alpha value is -0.480. The SMILES string of the molecule is C=C(CCCOC)C(C)C.CC.CC1CCNCC1(F)F. The second-order valence-corrected chi connectivity index (χ2v) is 5.54. The number of ether oxygens (including phenoxy) is 1. The number of rotatable bonds is 5. The molecule has 0 aromatic heterocycles. The van der Waals surface area contributed by atoms with Gasteiger partial charge in [0.25, 0.3) is 5.92 Å². The highest BCUT2D eigenvalue weighted by Crippen LogP contribution is 2.28. The van der Waals surface area contributed by atoms with Crippen LogP contribution in [0.4, 0.5) is 8.78 Å². The zero-order valence-electron chi connectivity index (χ0n) is 14.8. The summed E-state index contributed by atoms with van der Waals surface area (Å²) >= 11 is 0. The van der Waals surface area contributed by atoms with Gasteiger partial charge in [-0.3, -0.25) is 0 Å². The van der Waals surface area contributed by atoms with Crippen LogP contribution in [0.3, 0.4) is 0 Å². The molecule has 0 aliphatic carbocycles. The summed E-state index contributed by atoms with van der Waals surface area (Å²) < 4.78 is 30.0. The van der Waals surface area contributed by atoms with Crippen molar-refractivity contribution < 1.29 is 13.5 Å². The van der Waals surface area contributed by atoms with E-state index in [1.807, 2.05) is 13.8 Å². The van der Waals surface area contributed by atoms with Gasteiger partial charge in [0.05, 0.1) is 6.54 Å². The molecule has 2 nitrogen and oxygen atoms in total. The van der Waals surface area contributed by atoms with Gasteiger partial charge in [-0.05, 0) is 31.7 Å². The average molecular weight is 307 g/mol. The number of alkyl halides is 2. The van der Waals surface area contributed by atoms with Crippen molar-refractivity contribution >= 4 is 0 Å². The topological polar surface area (TPSA) is 21.3 Å². The summed E-state index contributed by atoms with van der Waals surface area (Å²) in [5, 5.41) is 2.66. The lowest BCUT2D eigenvalue weighted by Gasteiger charge is -2.28. The van der Waals surface area contributed by atoms with Crippen LogP contribution in [0.1, 0.15) is 53.9 Å². The minimum absolute atomic E-state index is 0.145. The Balaban J connectivity index is 0. The van der Waals surface area contributed by atoms with Crippen molar-refractivity contribution in [2.24, 2.45) is 11.8 Å². The summed E-state index contributed by atoms with van der Waals surface area (Å²) in [6.07, 6.45) is 2.80. The molecule has 0 saturated carbocycles. The number of piperidine rings is 1. The Kier molecular flexibility index (Phi) is 14.3. The maximum atomic E-state index is 12.5. The van der Waals surface area contributed by atoms with Crippen LogP contribution in [0.2, 0.25) is 0 Å². The molecule has 1 saturated heterocycles. The highest BCUT2D eigenvalue weighted by atomic mass is 19.3. The van der Waals surface area contributed by atoms with Gasteiger partial charge in [-0.25, -0.2) is 8.78 Å². The molecular formula is C17H35F2NO.